The van der Waals surface area contributed by atoms with E-state index in [1.807, 2.05) is 6.07 Å². The number of halogens is 1. The second kappa shape index (κ2) is 4.56. The quantitative estimate of drug-likeness (QED) is 0.915. The van der Waals surface area contributed by atoms with Crippen molar-refractivity contribution in [3.05, 3.63) is 56.2 Å². The summed E-state index contributed by atoms with van der Waals surface area (Å²) in [6, 6.07) is 10.5. The van der Waals surface area contributed by atoms with Crippen molar-refractivity contribution in [2.75, 3.05) is 0 Å². The van der Waals surface area contributed by atoms with E-state index < -0.39 is 0 Å². The largest absolute Gasteiger partial charge is 0.392 e. The Bertz CT molecular complexity index is 535. The Hall–Kier alpha value is -0.640. The van der Waals surface area contributed by atoms with Gasteiger partial charge in [-0.3, -0.25) is 0 Å². The molecule has 0 saturated heterocycles. The number of fused-ring (bicyclic) bond motifs is 1. The molecule has 3 heteroatoms. The van der Waals surface area contributed by atoms with Crippen LogP contribution in [-0.4, -0.2) is 11.2 Å². The Morgan fingerprint density at radius 3 is 2.88 bits per heavy atom. The predicted octanol–water partition coefficient (Wildman–Crippen LogP) is 3.75. The second-order valence-corrected chi connectivity index (χ2v) is 6.33. The van der Waals surface area contributed by atoms with Crippen molar-refractivity contribution in [1.82, 2.24) is 0 Å². The third kappa shape index (κ3) is 2.07. The fourth-order valence-electron chi connectivity index (χ4n) is 2.44. The van der Waals surface area contributed by atoms with Crippen LogP contribution in [0, 0.1) is 0 Å². The highest BCUT2D eigenvalue weighted by Crippen LogP contribution is 2.39. The lowest BCUT2D eigenvalue weighted by Gasteiger charge is -2.33. The zero-order valence-corrected chi connectivity index (χ0v) is 11.7. The molecule has 0 bridgehead atoms. The summed E-state index contributed by atoms with van der Waals surface area (Å²) in [5, 5.41) is 12.4. The van der Waals surface area contributed by atoms with E-state index in [9.17, 15) is 5.11 Å². The molecular formula is C14H13BrOS. The maximum absolute atomic E-state index is 10.3. The fourth-order valence-corrected chi connectivity index (χ4v) is 4.01. The number of aliphatic hydroxyl groups is 1. The molecule has 2 unspecified atom stereocenters. The number of hydrogen-bond donors (Lipinski definition) is 1. The first kappa shape index (κ1) is 11.5. The van der Waals surface area contributed by atoms with Crippen molar-refractivity contribution in [2.45, 2.75) is 24.9 Å². The van der Waals surface area contributed by atoms with Crippen molar-refractivity contribution >= 4 is 27.3 Å². The van der Waals surface area contributed by atoms with Crippen LogP contribution in [0.3, 0.4) is 0 Å². The van der Waals surface area contributed by atoms with Crippen LogP contribution in [0.1, 0.15) is 21.9 Å². The van der Waals surface area contributed by atoms with Crippen molar-refractivity contribution < 1.29 is 5.11 Å². The minimum absolute atomic E-state index is 0.264. The van der Waals surface area contributed by atoms with Crippen molar-refractivity contribution in [2.24, 2.45) is 0 Å². The molecule has 3 rings (SSSR count). The van der Waals surface area contributed by atoms with Crippen molar-refractivity contribution in [3.8, 4) is 0 Å². The van der Waals surface area contributed by atoms with Gasteiger partial charge in [-0.15, -0.1) is 11.3 Å². The molecule has 2 aromatic rings. The zero-order valence-electron chi connectivity index (χ0n) is 9.27. The van der Waals surface area contributed by atoms with Gasteiger partial charge in [-0.1, -0.05) is 24.3 Å². The molecule has 1 aliphatic rings. The molecule has 0 radical (unpaired) electrons. The highest BCUT2D eigenvalue weighted by Gasteiger charge is 2.31. The van der Waals surface area contributed by atoms with Crippen LogP contribution in [0.25, 0.3) is 0 Å². The first-order valence-corrected chi connectivity index (χ1v) is 7.40. The van der Waals surface area contributed by atoms with Gasteiger partial charge in [0.1, 0.15) is 0 Å². The normalized spacial score (nSPS) is 19.5. The second-order valence-electron chi connectivity index (χ2n) is 4.47. The molecule has 17 heavy (non-hydrogen) atoms. The van der Waals surface area contributed by atoms with Crippen LogP contribution in [0.4, 0.5) is 0 Å². The number of aliphatic hydroxyl groups excluding tert-OH is 1. The topological polar surface area (TPSA) is 20.2 Å². The van der Waals surface area contributed by atoms with E-state index in [1.165, 1.54) is 16.0 Å². The molecule has 0 saturated carbocycles. The number of thiophene rings is 1. The molecule has 1 aliphatic carbocycles. The van der Waals surface area contributed by atoms with Gasteiger partial charge in [-0.25, -0.2) is 0 Å². The van der Waals surface area contributed by atoms with Crippen LogP contribution < -0.4 is 0 Å². The van der Waals surface area contributed by atoms with E-state index in [0.29, 0.717) is 5.92 Å². The molecule has 1 N–H and O–H groups in total. The standard InChI is InChI=1S/C14H13BrOS/c15-12-5-6-17-14(12)8-13(16)11-7-9-3-1-2-4-10(9)11/h1-6,11,13,16H,7-8H2. The fraction of sp³-hybridized carbons (Fsp3) is 0.286. The third-order valence-corrected chi connectivity index (χ3v) is 5.39. The summed E-state index contributed by atoms with van der Waals surface area (Å²) in [6.45, 7) is 0. The zero-order chi connectivity index (χ0) is 11.8. The number of benzene rings is 1. The highest BCUT2D eigenvalue weighted by atomic mass is 79.9. The van der Waals surface area contributed by atoms with Crippen LogP contribution in [0.15, 0.2) is 40.2 Å². The van der Waals surface area contributed by atoms with Crippen molar-refractivity contribution in [1.29, 1.82) is 0 Å². The van der Waals surface area contributed by atoms with Gasteiger partial charge in [-0.05, 0) is 44.9 Å². The first-order chi connectivity index (χ1) is 8.25. The molecule has 0 fully saturated rings. The van der Waals surface area contributed by atoms with Crippen LogP contribution >= 0.6 is 27.3 Å². The Morgan fingerprint density at radius 1 is 1.35 bits per heavy atom. The van der Waals surface area contributed by atoms with Gasteiger partial charge in [-0.2, -0.15) is 0 Å². The van der Waals surface area contributed by atoms with Gasteiger partial charge in [0.15, 0.2) is 0 Å². The summed E-state index contributed by atoms with van der Waals surface area (Å²) in [5.74, 6) is 0.320. The van der Waals surface area contributed by atoms with Crippen molar-refractivity contribution in [3.63, 3.8) is 0 Å². The maximum Gasteiger partial charge on any atom is 0.0660 e. The lowest BCUT2D eigenvalue weighted by molar-refractivity contribution is 0.134. The molecule has 1 heterocycles. The third-order valence-electron chi connectivity index (χ3n) is 3.44. The Kier molecular flexibility index (Phi) is 3.07. The predicted molar refractivity (Wildman–Crippen MR) is 74.6 cm³/mol. The average molecular weight is 309 g/mol. The summed E-state index contributed by atoms with van der Waals surface area (Å²) in [7, 11) is 0. The van der Waals surface area contributed by atoms with E-state index >= 15 is 0 Å². The van der Waals surface area contributed by atoms with Gasteiger partial charge in [0.05, 0.1) is 6.10 Å². The molecule has 0 spiro atoms. The summed E-state index contributed by atoms with van der Waals surface area (Å²) in [4.78, 5) is 1.24. The van der Waals surface area contributed by atoms with Gasteiger partial charge in [0, 0.05) is 21.7 Å². The van der Waals surface area contributed by atoms with Gasteiger partial charge in [0.25, 0.3) is 0 Å². The van der Waals surface area contributed by atoms with Crippen LogP contribution in [0.5, 0.6) is 0 Å². The molecule has 1 aromatic carbocycles. The molecular weight excluding hydrogens is 296 g/mol. The maximum atomic E-state index is 10.3. The highest BCUT2D eigenvalue weighted by molar-refractivity contribution is 9.10. The number of hydrogen-bond acceptors (Lipinski definition) is 2. The van der Waals surface area contributed by atoms with E-state index in [0.717, 1.165) is 17.3 Å². The van der Waals surface area contributed by atoms with E-state index in [4.69, 9.17) is 0 Å². The van der Waals surface area contributed by atoms with Gasteiger partial charge in [0.2, 0.25) is 0 Å². The smallest absolute Gasteiger partial charge is 0.0660 e. The summed E-state index contributed by atoms with van der Waals surface area (Å²) >= 11 is 5.22. The molecule has 88 valence electrons. The summed E-state index contributed by atoms with van der Waals surface area (Å²) in [6.07, 6.45) is 1.50. The molecule has 1 aromatic heterocycles. The lowest BCUT2D eigenvalue weighted by Crippen LogP contribution is -2.30. The van der Waals surface area contributed by atoms with Gasteiger partial charge < -0.3 is 5.11 Å². The van der Waals surface area contributed by atoms with E-state index in [2.05, 4.69) is 45.6 Å². The minimum atomic E-state index is -0.264. The molecule has 1 nitrogen and oxygen atoms in total. The van der Waals surface area contributed by atoms with E-state index in [-0.39, 0.29) is 6.10 Å². The Morgan fingerprint density at radius 2 is 2.18 bits per heavy atom. The molecule has 0 amide bonds. The van der Waals surface area contributed by atoms with Crippen LogP contribution in [-0.2, 0) is 12.8 Å². The molecule has 2 atom stereocenters. The SMILES string of the molecule is OC(Cc1sccc1Br)C1Cc2ccccc21. The van der Waals surface area contributed by atoms with E-state index in [1.54, 1.807) is 11.3 Å². The van der Waals surface area contributed by atoms with Crippen LogP contribution in [0.2, 0.25) is 0 Å². The average Bonchev–Trinajstić information content (AvgIpc) is 2.66. The number of rotatable bonds is 3. The Balaban J connectivity index is 1.74. The Labute approximate surface area is 113 Å². The first-order valence-electron chi connectivity index (χ1n) is 5.73. The minimum Gasteiger partial charge on any atom is -0.392 e. The van der Waals surface area contributed by atoms with Gasteiger partial charge >= 0.3 is 0 Å². The summed E-state index contributed by atoms with van der Waals surface area (Å²) < 4.78 is 1.12. The molecule has 0 aliphatic heterocycles. The summed E-state index contributed by atoms with van der Waals surface area (Å²) in [5.41, 5.74) is 2.72. The monoisotopic (exact) mass is 308 g/mol. The lowest BCUT2D eigenvalue weighted by atomic mass is 9.74.